The average molecular weight is 373 g/mol. The Morgan fingerprint density at radius 3 is 2.19 bits per heavy atom. The first-order valence-electron chi connectivity index (χ1n) is 8.84. The van der Waals surface area contributed by atoms with Crippen LogP contribution < -0.4 is 0 Å². The summed E-state index contributed by atoms with van der Waals surface area (Å²) in [5.41, 5.74) is 1.67. The molecule has 0 unspecified atom stereocenters. The number of piperidine rings is 1. The minimum atomic E-state index is -3.44. The van der Waals surface area contributed by atoms with Crippen molar-refractivity contribution in [1.29, 1.82) is 0 Å². The molecule has 0 radical (unpaired) electrons. The lowest BCUT2D eigenvalue weighted by molar-refractivity contribution is -0.144. The lowest BCUT2D eigenvalue weighted by atomic mass is 10.1. The minimum absolute atomic E-state index is 0.122. The van der Waals surface area contributed by atoms with Crippen molar-refractivity contribution < 1.29 is 17.9 Å². The molecular weight excluding hydrogens is 350 g/mol. The molecule has 26 heavy (non-hydrogen) atoms. The average Bonchev–Trinajstić information content (AvgIpc) is 2.68. The zero-order chi connectivity index (χ0) is 18.4. The Morgan fingerprint density at radius 2 is 1.54 bits per heavy atom. The van der Waals surface area contributed by atoms with E-state index >= 15 is 0 Å². The van der Waals surface area contributed by atoms with E-state index in [0.717, 1.165) is 30.4 Å². The van der Waals surface area contributed by atoms with Crippen LogP contribution in [-0.4, -0.2) is 31.8 Å². The molecule has 0 bridgehead atoms. The topological polar surface area (TPSA) is 63.7 Å². The number of benzene rings is 2. The molecule has 0 aromatic heterocycles. The van der Waals surface area contributed by atoms with Crippen LogP contribution in [0.15, 0.2) is 59.5 Å². The van der Waals surface area contributed by atoms with Crippen LogP contribution in [0.25, 0.3) is 0 Å². The third kappa shape index (κ3) is 4.71. The zero-order valence-electron chi connectivity index (χ0n) is 14.6. The Labute approximate surface area is 154 Å². The largest absolute Gasteiger partial charge is 0.461 e. The summed E-state index contributed by atoms with van der Waals surface area (Å²) < 4.78 is 32.0. The van der Waals surface area contributed by atoms with Crippen molar-refractivity contribution in [3.05, 3.63) is 65.7 Å². The number of sulfonamides is 1. The van der Waals surface area contributed by atoms with Gasteiger partial charge < -0.3 is 4.74 Å². The maximum Gasteiger partial charge on any atom is 0.310 e. The molecule has 3 rings (SSSR count). The molecule has 2 aromatic carbocycles. The van der Waals surface area contributed by atoms with E-state index < -0.39 is 10.0 Å². The molecule has 0 amide bonds. The molecular formula is C20H23NO4S. The van der Waals surface area contributed by atoms with Crippen LogP contribution in [0.1, 0.15) is 30.4 Å². The Morgan fingerprint density at radius 1 is 0.885 bits per heavy atom. The lowest BCUT2D eigenvalue weighted by Crippen LogP contribution is -2.35. The standard InChI is InChI=1S/C20H23NO4S/c22-20(25-16-18-7-3-1-4-8-18)15-17-9-11-19(12-10-17)26(23,24)21-13-5-2-6-14-21/h1,3-4,7-12H,2,5-6,13-16H2. The van der Waals surface area contributed by atoms with Crippen LogP contribution >= 0.6 is 0 Å². The fourth-order valence-corrected chi connectivity index (χ4v) is 4.51. The van der Waals surface area contributed by atoms with Crippen molar-refractivity contribution in [2.45, 2.75) is 37.2 Å². The molecule has 1 aliphatic rings. The molecule has 0 aliphatic carbocycles. The van der Waals surface area contributed by atoms with Gasteiger partial charge in [-0.05, 0) is 36.1 Å². The third-order valence-corrected chi connectivity index (χ3v) is 6.38. The molecule has 0 saturated carbocycles. The SMILES string of the molecule is O=C(Cc1ccc(S(=O)(=O)N2CCCCC2)cc1)OCc1ccccc1. The van der Waals surface area contributed by atoms with Gasteiger partial charge in [0.2, 0.25) is 10.0 Å². The summed E-state index contributed by atoms with van der Waals surface area (Å²) in [4.78, 5) is 12.2. The van der Waals surface area contributed by atoms with E-state index in [1.165, 1.54) is 0 Å². The van der Waals surface area contributed by atoms with Gasteiger partial charge in [0, 0.05) is 13.1 Å². The summed E-state index contributed by atoms with van der Waals surface area (Å²) in [6.07, 6.45) is 3.02. The highest BCUT2D eigenvalue weighted by Gasteiger charge is 2.25. The highest BCUT2D eigenvalue weighted by Crippen LogP contribution is 2.21. The van der Waals surface area contributed by atoms with Gasteiger partial charge in [0.25, 0.3) is 0 Å². The first-order chi connectivity index (χ1) is 12.6. The second-order valence-corrected chi connectivity index (χ2v) is 8.37. The lowest BCUT2D eigenvalue weighted by Gasteiger charge is -2.25. The summed E-state index contributed by atoms with van der Waals surface area (Å²) in [6, 6.07) is 16.0. The molecule has 0 N–H and O–H groups in total. The molecule has 0 spiro atoms. The number of carbonyl (C=O) groups excluding carboxylic acids is 1. The van der Waals surface area contributed by atoms with Crippen molar-refractivity contribution in [2.24, 2.45) is 0 Å². The zero-order valence-corrected chi connectivity index (χ0v) is 15.5. The van der Waals surface area contributed by atoms with Gasteiger partial charge >= 0.3 is 5.97 Å². The van der Waals surface area contributed by atoms with E-state index in [-0.39, 0.29) is 23.9 Å². The number of hydrogen-bond acceptors (Lipinski definition) is 4. The third-order valence-electron chi connectivity index (χ3n) is 4.47. The van der Waals surface area contributed by atoms with Crippen molar-refractivity contribution in [1.82, 2.24) is 4.31 Å². The number of rotatable bonds is 6. The Bertz CT molecular complexity index is 826. The van der Waals surface area contributed by atoms with Gasteiger partial charge in [-0.3, -0.25) is 4.79 Å². The normalized spacial score (nSPS) is 15.5. The van der Waals surface area contributed by atoms with E-state index in [1.54, 1.807) is 28.6 Å². The van der Waals surface area contributed by atoms with Crippen molar-refractivity contribution >= 4 is 16.0 Å². The highest BCUT2D eigenvalue weighted by molar-refractivity contribution is 7.89. The fourth-order valence-electron chi connectivity index (χ4n) is 2.99. The highest BCUT2D eigenvalue weighted by atomic mass is 32.2. The summed E-state index contributed by atoms with van der Waals surface area (Å²) in [6.45, 7) is 1.40. The number of ether oxygens (including phenoxy) is 1. The molecule has 1 aliphatic heterocycles. The predicted molar refractivity (Wildman–Crippen MR) is 99.0 cm³/mol. The van der Waals surface area contributed by atoms with Gasteiger partial charge in [0.1, 0.15) is 6.61 Å². The van der Waals surface area contributed by atoms with E-state index in [9.17, 15) is 13.2 Å². The first kappa shape index (κ1) is 18.6. The summed E-state index contributed by atoms with van der Waals surface area (Å²) in [5, 5.41) is 0. The maximum absolute atomic E-state index is 12.6. The Hall–Kier alpha value is -2.18. The van der Waals surface area contributed by atoms with E-state index in [1.807, 2.05) is 30.3 Å². The molecule has 1 heterocycles. The Balaban J connectivity index is 1.58. The second-order valence-electron chi connectivity index (χ2n) is 6.43. The fraction of sp³-hybridized carbons (Fsp3) is 0.350. The van der Waals surface area contributed by atoms with Gasteiger partial charge in [-0.2, -0.15) is 4.31 Å². The smallest absolute Gasteiger partial charge is 0.310 e. The van der Waals surface area contributed by atoms with Crippen LogP contribution in [0.4, 0.5) is 0 Å². The molecule has 138 valence electrons. The van der Waals surface area contributed by atoms with Crippen molar-refractivity contribution in [3.8, 4) is 0 Å². The van der Waals surface area contributed by atoms with Crippen LogP contribution in [0.2, 0.25) is 0 Å². The van der Waals surface area contributed by atoms with Crippen LogP contribution in [0, 0.1) is 0 Å². The molecule has 1 fully saturated rings. The molecule has 0 atom stereocenters. The van der Waals surface area contributed by atoms with E-state index in [2.05, 4.69) is 0 Å². The van der Waals surface area contributed by atoms with Crippen molar-refractivity contribution in [3.63, 3.8) is 0 Å². The van der Waals surface area contributed by atoms with Gasteiger partial charge in [0.15, 0.2) is 0 Å². The second kappa shape index (κ2) is 8.47. The predicted octanol–water partition coefficient (Wildman–Crippen LogP) is 3.15. The minimum Gasteiger partial charge on any atom is -0.461 e. The van der Waals surface area contributed by atoms with Gasteiger partial charge in [-0.15, -0.1) is 0 Å². The number of hydrogen-bond donors (Lipinski definition) is 0. The summed E-state index contributed by atoms with van der Waals surface area (Å²) in [7, 11) is -3.44. The van der Waals surface area contributed by atoms with Crippen LogP contribution in [-0.2, 0) is 32.6 Å². The molecule has 2 aromatic rings. The van der Waals surface area contributed by atoms with Gasteiger partial charge in [0.05, 0.1) is 11.3 Å². The molecule has 1 saturated heterocycles. The van der Waals surface area contributed by atoms with Crippen molar-refractivity contribution in [2.75, 3.05) is 13.1 Å². The Kier molecular flexibility index (Phi) is 6.06. The van der Waals surface area contributed by atoms with Gasteiger partial charge in [-0.25, -0.2) is 8.42 Å². The van der Waals surface area contributed by atoms with Crippen LogP contribution in [0.5, 0.6) is 0 Å². The van der Waals surface area contributed by atoms with Crippen LogP contribution in [0.3, 0.4) is 0 Å². The van der Waals surface area contributed by atoms with E-state index in [0.29, 0.717) is 13.1 Å². The summed E-state index contributed by atoms with van der Waals surface area (Å²) in [5.74, 6) is -0.333. The quantitative estimate of drug-likeness (QED) is 0.730. The monoisotopic (exact) mass is 373 g/mol. The van der Waals surface area contributed by atoms with E-state index in [4.69, 9.17) is 4.74 Å². The maximum atomic E-state index is 12.6. The van der Waals surface area contributed by atoms with Gasteiger partial charge in [-0.1, -0.05) is 48.9 Å². The first-order valence-corrected chi connectivity index (χ1v) is 10.3. The number of carbonyl (C=O) groups is 1. The molecule has 6 heteroatoms. The molecule has 5 nitrogen and oxygen atoms in total. The number of nitrogens with zero attached hydrogens (tertiary/aromatic N) is 1. The number of esters is 1. The summed E-state index contributed by atoms with van der Waals surface area (Å²) >= 11 is 0.